The van der Waals surface area contributed by atoms with Crippen LogP contribution in [0.3, 0.4) is 0 Å². The van der Waals surface area contributed by atoms with Crippen molar-refractivity contribution >= 4 is 21.9 Å². The number of sulfonamides is 1. The molecule has 0 aliphatic carbocycles. The summed E-state index contributed by atoms with van der Waals surface area (Å²) in [6.45, 7) is 3.11. The summed E-state index contributed by atoms with van der Waals surface area (Å²) in [6.07, 6.45) is 2.84. The third-order valence-corrected chi connectivity index (χ3v) is 6.97. The van der Waals surface area contributed by atoms with E-state index in [-0.39, 0.29) is 12.0 Å². The third-order valence-electron chi connectivity index (χ3n) is 5.67. The van der Waals surface area contributed by atoms with Crippen LogP contribution in [0, 0.1) is 6.92 Å². The summed E-state index contributed by atoms with van der Waals surface area (Å²) < 4.78 is 30.4. The summed E-state index contributed by atoms with van der Waals surface area (Å²) in [7, 11) is -3.18. The van der Waals surface area contributed by atoms with Gasteiger partial charge in [0.2, 0.25) is 10.0 Å². The first-order chi connectivity index (χ1) is 14.3. The molecule has 4 rings (SSSR count). The van der Waals surface area contributed by atoms with E-state index in [1.54, 1.807) is 11.0 Å². The van der Waals surface area contributed by atoms with E-state index < -0.39 is 16.1 Å². The van der Waals surface area contributed by atoms with Crippen LogP contribution in [-0.2, 0) is 21.2 Å². The van der Waals surface area contributed by atoms with E-state index in [1.807, 2.05) is 37.3 Å². The van der Waals surface area contributed by atoms with Gasteiger partial charge in [-0.2, -0.15) is 0 Å². The van der Waals surface area contributed by atoms with Crippen molar-refractivity contribution in [2.45, 2.75) is 38.1 Å². The van der Waals surface area contributed by atoms with Gasteiger partial charge in [0.1, 0.15) is 18.2 Å². The third kappa shape index (κ3) is 4.46. The van der Waals surface area contributed by atoms with Crippen molar-refractivity contribution in [3.8, 4) is 0 Å². The number of anilines is 1. The minimum Gasteiger partial charge on any atom is -0.447 e. The minimum absolute atomic E-state index is 0.0628. The van der Waals surface area contributed by atoms with Gasteiger partial charge in [0.15, 0.2) is 0 Å². The lowest BCUT2D eigenvalue weighted by Gasteiger charge is -2.30. The fourth-order valence-corrected chi connectivity index (χ4v) is 4.98. The van der Waals surface area contributed by atoms with Gasteiger partial charge < -0.3 is 4.74 Å². The van der Waals surface area contributed by atoms with Gasteiger partial charge in [-0.3, -0.25) is 4.90 Å². The van der Waals surface area contributed by atoms with E-state index in [0.29, 0.717) is 50.6 Å². The van der Waals surface area contributed by atoms with Crippen molar-refractivity contribution in [1.82, 2.24) is 14.3 Å². The molecule has 2 aromatic rings. The summed E-state index contributed by atoms with van der Waals surface area (Å²) in [6, 6.07) is 11.7. The molecule has 0 radical (unpaired) electrons. The zero-order chi connectivity index (χ0) is 21.3. The Morgan fingerprint density at radius 1 is 1.13 bits per heavy atom. The van der Waals surface area contributed by atoms with Gasteiger partial charge >= 0.3 is 6.09 Å². The zero-order valence-electron chi connectivity index (χ0n) is 17.2. The van der Waals surface area contributed by atoms with E-state index in [4.69, 9.17) is 9.72 Å². The molecule has 0 N–H and O–H groups in total. The highest BCUT2D eigenvalue weighted by molar-refractivity contribution is 7.88. The second kappa shape index (κ2) is 8.31. The Hall–Kier alpha value is -2.52. The van der Waals surface area contributed by atoms with Crippen molar-refractivity contribution < 1.29 is 17.9 Å². The number of aryl methyl sites for hydroxylation is 1. The largest absolute Gasteiger partial charge is 0.447 e. The standard InChI is InChI=1S/C21H26N4O4S/c1-15-12-19(23-20(22-15)17-8-10-24(11-9-17)30(2,27)28)25-18(14-29-21(25)26)13-16-6-4-3-5-7-16/h3-7,12,17-18H,8-11,13-14H2,1-2H3/t18-/m1/s1. The van der Waals surface area contributed by atoms with Gasteiger partial charge in [-0.1, -0.05) is 30.3 Å². The van der Waals surface area contributed by atoms with E-state index in [2.05, 4.69) is 4.98 Å². The second-order valence-electron chi connectivity index (χ2n) is 7.95. The first-order valence-electron chi connectivity index (χ1n) is 10.1. The summed E-state index contributed by atoms with van der Waals surface area (Å²) in [5.41, 5.74) is 1.91. The highest BCUT2D eigenvalue weighted by Gasteiger charge is 2.36. The number of ether oxygens (including phenoxy) is 1. The lowest BCUT2D eigenvalue weighted by molar-refractivity contribution is 0.178. The van der Waals surface area contributed by atoms with Crippen molar-refractivity contribution in [1.29, 1.82) is 0 Å². The van der Waals surface area contributed by atoms with Crippen molar-refractivity contribution in [2.75, 3.05) is 30.9 Å². The number of hydrogen-bond acceptors (Lipinski definition) is 6. The average Bonchev–Trinajstić information content (AvgIpc) is 3.08. The molecule has 2 fully saturated rings. The van der Waals surface area contributed by atoms with Crippen molar-refractivity contribution in [2.24, 2.45) is 0 Å². The first kappa shape index (κ1) is 20.7. The molecule has 3 heterocycles. The number of piperidine rings is 1. The van der Waals surface area contributed by atoms with Crippen molar-refractivity contribution in [3.05, 3.63) is 53.5 Å². The number of carbonyl (C=O) groups excluding carboxylic acids is 1. The second-order valence-corrected chi connectivity index (χ2v) is 9.93. The zero-order valence-corrected chi connectivity index (χ0v) is 18.0. The molecule has 1 atom stereocenters. The summed E-state index contributed by atoms with van der Waals surface area (Å²) in [5.74, 6) is 1.27. The molecule has 0 saturated carbocycles. The molecular weight excluding hydrogens is 404 g/mol. The molecule has 0 unspecified atom stereocenters. The van der Waals surface area contributed by atoms with Crippen LogP contribution in [0.25, 0.3) is 0 Å². The normalized spacial score (nSPS) is 21.1. The average molecular weight is 431 g/mol. The number of cyclic esters (lactones) is 1. The lowest BCUT2D eigenvalue weighted by Crippen LogP contribution is -2.38. The molecule has 160 valence electrons. The maximum Gasteiger partial charge on any atom is 0.415 e. The molecule has 1 aromatic heterocycles. The number of carbonyl (C=O) groups is 1. The fourth-order valence-electron chi connectivity index (χ4n) is 4.10. The number of aromatic nitrogens is 2. The Morgan fingerprint density at radius 2 is 1.83 bits per heavy atom. The Morgan fingerprint density at radius 3 is 2.50 bits per heavy atom. The Kier molecular flexibility index (Phi) is 5.75. The quantitative estimate of drug-likeness (QED) is 0.724. The van der Waals surface area contributed by atoms with Gasteiger partial charge in [0.05, 0.1) is 12.3 Å². The van der Waals surface area contributed by atoms with E-state index in [1.165, 1.54) is 10.6 Å². The van der Waals surface area contributed by atoms with Crippen LogP contribution in [0.4, 0.5) is 10.6 Å². The van der Waals surface area contributed by atoms with E-state index in [0.717, 1.165) is 11.3 Å². The van der Waals surface area contributed by atoms with Crippen LogP contribution in [-0.4, -0.2) is 60.8 Å². The minimum atomic E-state index is -3.18. The van der Waals surface area contributed by atoms with Crippen LogP contribution in [0.1, 0.15) is 35.8 Å². The van der Waals surface area contributed by atoms with Crippen LogP contribution in [0.2, 0.25) is 0 Å². The monoisotopic (exact) mass is 430 g/mol. The molecule has 0 spiro atoms. The number of nitrogens with zero attached hydrogens (tertiary/aromatic N) is 4. The van der Waals surface area contributed by atoms with Gasteiger partial charge in [0.25, 0.3) is 0 Å². The summed E-state index contributed by atoms with van der Waals surface area (Å²) >= 11 is 0. The van der Waals surface area contributed by atoms with E-state index in [9.17, 15) is 13.2 Å². The van der Waals surface area contributed by atoms with Gasteiger partial charge in [-0.05, 0) is 31.7 Å². The topological polar surface area (TPSA) is 92.7 Å². The molecule has 0 bridgehead atoms. The number of benzene rings is 1. The van der Waals surface area contributed by atoms with Crippen LogP contribution in [0.15, 0.2) is 36.4 Å². The Bertz CT molecular complexity index is 1020. The molecular formula is C21H26N4O4S. The Balaban J connectivity index is 1.55. The first-order valence-corrected chi connectivity index (χ1v) is 12.0. The fraction of sp³-hybridized carbons (Fsp3) is 0.476. The molecule has 2 aliphatic heterocycles. The molecule has 8 nitrogen and oxygen atoms in total. The van der Waals surface area contributed by atoms with Crippen LogP contribution >= 0.6 is 0 Å². The Labute approximate surface area is 176 Å². The van der Waals surface area contributed by atoms with E-state index >= 15 is 0 Å². The predicted molar refractivity (Wildman–Crippen MR) is 113 cm³/mol. The number of rotatable bonds is 5. The molecule has 1 aromatic carbocycles. The molecule has 2 aliphatic rings. The van der Waals surface area contributed by atoms with Crippen LogP contribution in [0.5, 0.6) is 0 Å². The van der Waals surface area contributed by atoms with Gasteiger partial charge in [-0.15, -0.1) is 0 Å². The van der Waals surface area contributed by atoms with Crippen LogP contribution < -0.4 is 4.90 Å². The summed E-state index contributed by atoms with van der Waals surface area (Å²) in [4.78, 5) is 23.4. The highest BCUT2D eigenvalue weighted by atomic mass is 32.2. The molecule has 30 heavy (non-hydrogen) atoms. The van der Waals surface area contributed by atoms with Crippen molar-refractivity contribution in [3.63, 3.8) is 0 Å². The highest BCUT2D eigenvalue weighted by Crippen LogP contribution is 2.30. The molecule has 2 saturated heterocycles. The smallest absolute Gasteiger partial charge is 0.415 e. The molecule has 1 amide bonds. The number of amides is 1. The summed E-state index contributed by atoms with van der Waals surface area (Å²) in [5, 5.41) is 0. The SMILES string of the molecule is Cc1cc(N2C(=O)OC[C@H]2Cc2ccccc2)nc(C2CCN(S(C)(=O)=O)CC2)n1. The predicted octanol–water partition coefficient (Wildman–Crippen LogP) is 2.49. The maximum absolute atomic E-state index is 12.5. The van der Waals surface area contributed by atoms with Gasteiger partial charge in [-0.25, -0.2) is 27.5 Å². The van der Waals surface area contributed by atoms with Gasteiger partial charge in [0, 0.05) is 30.8 Å². The lowest BCUT2D eigenvalue weighted by atomic mass is 9.97. The number of hydrogen-bond donors (Lipinski definition) is 0. The molecule has 9 heteroatoms. The maximum atomic E-state index is 12.5.